The molecule has 0 unspecified atom stereocenters. The van der Waals surface area contributed by atoms with E-state index in [0.717, 1.165) is 38.3 Å². The Kier molecular flexibility index (Phi) is 6.42. The highest BCUT2D eigenvalue weighted by Crippen LogP contribution is 2.10. The van der Waals surface area contributed by atoms with Gasteiger partial charge in [0.1, 0.15) is 32.7 Å². The summed E-state index contributed by atoms with van der Waals surface area (Å²) in [5, 5.41) is 3.18. The van der Waals surface area contributed by atoms with Crippen LogP contribution in [0.2, 0.25) is 0 Å². The molecule has 26 heavy (non-hydrogen) atoms. The van der Waals surface area contributed by atoms with Gasteiger partial charge < -0.3 is 15.1 Å². The molecule has 2 aromatic carbocycles. The lowest BCUT2D eigenvalue weighted by molar-refractivity contribution is -1.02. The van der Waals surface area contributed by atoms with Crippen molar-refractivity contribution in [2.75, 3.05) is 26.2 Å². The summed E-state index contributed by atoms with van der Waals surface area (Å²) < 4.78 is 0. The van der Waals surface area contributed by atoms with Crippen molar-refractivity contribution >= 4 is 5.91 Å². The summed E-state index contributed by atoms with van der Waals surface area (Å²) in [6.45, 7) is 9.54. The summed E-state index contributed by atoms with van der Waals surface area (Å²) in [5.74, 6) is 0.155. The molecule has 0 saturated carbocycles. The van der Waals surface area contributed by atoms with Crippen LogP contribution >= 0.6 is 0 Å². The molecule has 0 radical (unpaired) electrons. The van der Waals surface area contributed by atoms with Crippen molar-refractivity contribution in [2.45, 2.75) is 32.5 Å². The van der Waals surface area contributed by atoms with Crippen LogP contribution in [0, 0.1) is 0 Å². The molecule has 0 spiro atoms. The van der Waals surface area contributed by atoms with Crippen LogP contribution in [-0.2, 0) is 11.3 Å². The third kappa shape index (κ3) is 4.93. The fourth-order valence-corrected chi connectivity index (χ4v) is 3.77. The molecule has 0 aliphatic carbocycles. The number of hydrogen-bond donors (Lipinski definition) is 3. The summed E-state index contributed by atoms with van der Waals surface area (Å²) in [6.07, 6.45) is 0. The van der Waals surface area contributed by atoms with Crippen LogP contribution in [-0.4, -0.2) is 38.1 Å². The van der Waals surface area contributed by atoms with Gasteiger partial charge in [-0.3, -0.25) is 4.79 Å². The van der Waals surface area contributed by atoms with Gasteiger partial charge in [0.05, 0.1) is 6.04 Å². The van der Waals surface area contributed by atoms with Crippen LogP contribution < -0.4 is 15.1 Å². The normalized spacial score (nSPS) is 22.4. The molecule has 2 aromatic rings. The molecule has 1 aliphatic heterocycles. The van der Waals surface area contributed by atoms with Crippen LogP contribution in [0.25, 0.3) is 0 Å². The highest BCUT2D eigenvalue weighted by molar-refractivity contribution is 5.80. The largest absolute Gasteiger partial charge is 0.344 e. The molecule has 1 aliphatic rings. The van der Waals surface area contributed by atoms with Crippen molar-refractivity contribution < 1.29 is 14.6 Å². The molecule has 4 nitrogen and oxygen atoms in total. The summed E-state index contributed by atoms with van der Waals surface area (Å²) in [7, 11) is 0. The molecule has 0 aromatic heterocycles. The third-order valence-corrected chi connectivity index (χ3v) is 5.56. The van der Waals surface area contributed by atoms with E-state index in [1.54, 1.807) is 4.90 Å². The van der Waals surface area contributed by atoms with Gasteiger partial charge in [0.2, 0.25) is 0 Å². The van der Waals surface area contributed by atoms with Gasteiger partial charge >= 0.3 is 0 Å². The molecule has 2 atom stereocenters. The number of rotatable bonds is 6. The van der Waals surface area contributed by atoms with Gasteiger partial charge in [0.15, 0.2) is 6.04 Å². The highest BCUT2D eigenvalue weighted by Gasteiger charge is 2.31. The fraction of sp³-hybridized carbons (Fsp3) is 0.409. The zero-order chi connectivity index (χ0) is 18.4. The minimum Gasteiger partial charge on any atom is -0.344 e. The molecule has 138 valence electrons. The Morgan fingerprint density at radius 2 is 1.50 bits per heavy atom. The molecular formula is C22H31N3O+2. The van der Waals surface area contributed by atoms with E-state index in [4.69, 9.17) is 0 Å². The number of benzene rings is 2. The van der Waals surface area contributed by atoms with Crippen LogP contribution in [0.4, 0.5) is 0 Å². The number of quaternary nitrogens is 2. The quantitative estimate of drug-likeness (QED) is 0.684. The molecule has 3 rings (SSSR count). The van der Waals surface area contributed by atoms with Crippen molar-refractivity contribution in [3.05, 3.63) is 71.8 Å². The molecule has 1 heterocycles. The summed E-state index contributed by atoms with van der Waals surface area (Å²) >= 11 is 0. The minimum atomic E-state index is -0.000521. The van der Waals surface area contributed by atoms with Crippen molar-refractivity contribution in [1.29, 1.82) is 0 Å². The maximum absolute atomic E-state index is 12.7. The van der Waals surface area contributed by atoms with E-state index in [9.17, 15) is 4.79 Å². The first-order chi connectivity index (χ1) is 12.6. The summed E-state index contributed by atoms with van der Waals surface area (Å²) in [6, 6.07) is 20.9. The van der Waals surface area contributed by atoms with E-state index >= 15 is 0 Å². The predicted molar refractivity (Wildman–Crippen MR) is 104 cm³/mol. The van der Waals surface area contributed by atoms with Gasteiger partial charge in [-0.25, -0.2) is 0 Å². The van der Waals surface area contributed by atoms with E-state index in [2.05, 4.69) is 61.6 Å². The Bertz CT molecular complexity index is 681. The Balaban J connectivity index is 1.47. The van der Waals surface area contributed by atoms with E-state index < -0.39 is 0 Å². The van der Waals surface area contributed by atoms with Crippen molar-refractivity contribution in [3.63, 3.8) is 0 Å². The van der Waals surface area contributed by atoms with Gasteiger partial charge in [-0.15, -0.1) is 0 Å². The Morgan fingerprint density at radius 1 is 0.923 bits per heavy atom. The van der Waals surface area contributed by atoms with Crippen LogP contribution in [0.1, 0.15) is 31.0 Å². The summed E-state index contributed by atoms with van der Waals surface area (Å²) in [5.41, 5.74) is 2.55. The highest BCUT2D eigenvalue weighted by atomic mass is 16.2. The van der Waals surface area contributed by atoms with Crippen molar-refractivity contribution in [3.8, 4) is 0 Å². The van der Waals surface area contributed by atoms with E-state index in [1.165, 1.54) is 10.5 Å². The lowest BCUT2D eigenvalue weighted by Crippen LogP contribution is -3.29. The average Bonchev–Trinajstić information content (AvgIpc) is 2.69. The van der Waals surface area contributed by atoms with E-state index in [0.29, 0.717) is 0 Å². The number of carbonyl (C=O) groups excluding carboxylic acids is 1. The van der Waals surface area contributed by atoms with Crippen LogP contribution in [0.5, 0.6) is 0 Å². The molecule has 4 heteroatoms. The number of amides is 1. The fourth-order valence-electron chi connectivity index (χ4n) is 3.77. The first kappa shape index (κ1) is 18.6. The minimum absolute atomic E-state index is 0.000521. The van der Waals surface area contributed by atoms with Gasteiger partial charge in [0, 0.05) is 5.56 Å². The molecule has 1 saturated heterocycles. The Hall–Kier alpha value is -2.17. The predicted octanol–water partition coefficient (Wildman–Crippen LogP) is 0.236. The SMILES string of the molecule is C[C@H](C(=O)N[C@H](C)c1ccccc1)[NH+]1CC[NH+](Cc2ccccc2)CC1. The lowest BCUT2D eigenvalue weighted by atomic mass is 10.1. The van der Waals surface area contributed by atoms with Gasteiger partial charge in [-0.05, 0) is 19.4 Å². The zero-order valence-electron chi connectivity index (χ0n) is 15.9. The summed E-state index contributed by atoms with van der Waals surface area (Å²) in [4.78, 5) is 15.7. The Labute approximate surface area is 156 Å². The first-order valence-corrected chi connectivity index (χ1v) is 9.71. The molecule has 1 amide bonds. The second-order valence-corrected chi connectivity index (χ2v) is 7.43. The Morgan fingerprint density at radius 3 is 2.12 bits per heavy atom. The van der Waals surface area contributed by atoms with Crippen LogP contribution in [0.3, 0.4) is 0 Å². The maximum atomic E-state index is 12.7. The maximum Gasteiger partial charge on any atom is 0.278 e. The second kappa shape index (κ2) is 8.97. The second-order valence-electron chi connectivity index (χ2n) is 7.43. The first-order valence-electron chi connectivity index (χ1n) is 9.71. The molecule has 0 bridgehead atoms. The zero-order valence-corrected chi connectivity index (χ0v) is 15.9. The monoisotopic (exact) mass is 353 g/mol. The number of carbonyl (C=O) groups is 1. The smallest absolute Gasteiger partial charge is 0.278 e. The topological polar surface area (TPSA) is 38.0 Å². The van der Waals surface area contributed by atoms with E-state index in [-0.39, 0.29) is 18.0 Å². The van der Waals surface area contributed by atoms with Gasteiger partial charge in [-0.2, -0.15) is 0 Å². The number of nitrogens with one attached hydrogen (secondary N) is 3. The van der Waals surface area contributed by atoms with E-state index in [1.807, 2.05) is 18.2 Å². The number of piperazine rings is 1. The van der Waals surface area contributed by atoms with Gasteiger partial charge in [0.25, 0.3) is 5.91 Å². The average molecular weight is 354 g/mol. The third-order valence-electron chi connectivity index (χ3n) is 5.56. The molecular weight excluding hydrogens is 322 g/mol. The standard InChI is InChI=1S/C22H29N3O/c1-18(21-11-7-4-8-12-21)23-22(26)19(2)25-15-13-24(14-16-25)17-20-9-5-3-6-10-20/h3-12,18-19H,13-17H2,1-2H3,(H,23,26)/p+2/t18-,19-/m1/s1. The number of hydrogen-bond acceptors (Lipinski definition) is 1. The van der Waals surface area contributed by atoms with Crippen molar-refractivity contribution in [1.82, 2.24) is 5.32 Å². The molecule has 1 fully saturated rings. The van der Waals surface area contributed by atoms with Crippen molar-refractivity contribution in [2.24, 2.45) is 0 Å². The molecule has 3 N–H and O–H groups in total. The van der Waals surface area contributed by atoms with Crippen LogP contribution in [0.15, 0.2) is 60.7 Å². The lowest BCUT2D eigenvalue weighted by Gasteiger charge is -2.33. The van der Waals surface area contributed by atoms with Gasteiger partial charge in [-0.1, -0.05) is 60.7 Å².